The average Bonchev–Trinajstić information content (AvgIpc) is 2.69. The molecule has 1 saturated carbocycles. The van der Waals surface area contributed by atoms with Crippen molar-refractivity contribution in [2.24, 2.45) is 12.5 Å². The van der Waals surface area contributed by atoms with Crippen LogP contribution in [-0.2, 0) is 11.8 Å². The quantitative estimate of drug-likeness (QED) is 0.860. The van der Waals surface area contributed by atoms with Gasteiger partial charge in [-0.05, 0) is 20.8 Å². The lowest BCUT2D eigenvalue weighted by atomic mass is 9.56. The second-order valence-electron chi connectivity index (χ2n) is 6.75. The largest absolute Gasteiger partial charge is 0.387 e. The van der Waals surface area contributed by atoms with Gasteiger partial charge in [0.2, 0.25) is 0 Å². The minimum absolute atomic E-state index is 0.0290. The Balaban J connectivity index is 2.03. The van der Waals surface area contributed by atoms with Crippen LogP contribution in [0.15, 0.2) is 0 Å². The molecule has 2 atom stereocenters. The fourth-order valence-electron chi connectivity index (χ4n) is 3.18. The van der Waals surface area contributed by atoms with Crippen LogP contribution in [0.1, 0.15) is 48.9 Å². The van der Waals surface area contributed by atoms with Gasteiger partial charge in [0, 0.05) is 37.7 Å². The highest BCUT2D eigenvalue weighted by atomic mass is 16.5. The fraction of sp³-hybridized carbons (Fsp3) is 0.750. The molecule has 0 radical (unpaired) electrons. The molecule has 0 spiro atoms. The van der Waals surface area contributed by atoms with Gasteiger partial charge in [0.05, 0.1) is 23.0 Å². The number of rotatable bonds is 5. The van der Waals surface area contributed by atoms with Crippen molar-refractivity contribution in [3.05, 3.63) is 17.0 Å². The summed E-state index contributed by atoms with van der Waals surface area (Å²) in [6.45, 7) is 10.4. The van der Waals surface area contributed by atoms with Crippen LogP contribution in [0.25, 0.3) is 0 Å². The van der Waals surface area contributed by atoms with E-state index in [0.29, 0.717) is 24.3 Å². The van der Waals surface area contributed by atoms with Gasteiger partial charge in [0.1, 0.15) is 0 Å². The van der Waals surface area contributed by atoms with E-state index in [4.69, 9.17) is 4.74 Å². The summed E-state index contributed by atoms with van der Waals surface area (Å²) in [4.78, 5) is 12.4. The molecule has 22 heavy (non-hydrogen) atoms. The van der Waals surface area contributed by atoms with Crippen molar-refractivity contribution in [1.82, 2.24) is 15.1 Å². The number of aryl methyl sites for hydroxylation is 2. The van der Waals surface area contributed by atoms with E-state index in [2.05, 4.69) is 10.4 Å². The molecule has 1 heterocycles. The van der Waals surface area contributed by atoms with Gasteiger partial charge in [-0.25, -0.2) is 0 Å². The van der Waals surface area contributed by atoms with Crippen molar-refractivity contribution in [2.75, 3.05) is 13.2 Å². The molecular formula is C16H27N3O3. The molecule has 1 aliphatic rings. The molecule has 1 aliphatic carbocycles. The Kier molecular flexibility index (Phi) is 4.37. The third-order valence-corrected chi connectivity index (χ3v) is 5.17. The summed E-state index contributed by atoms with van der Waals surface area (Å²) >= 11 is 0. The van der Waals surface area contributed by atoms with E-state index in [0.717, 1.165) is 5.69 Å². The van der Waals surface area contributed by atoms with Gasteiger partial charge in [0.15, 0.2) is 0 Å². The van der Waals surface area contributed by atoms with Crippen LogP contribution in [0.4, 0.5) is 0 Å². The highest BCUT2D eigenvalue weighted by Gasteiger charge is 2.59. The van der Waals surface area contributed by atoms with Crippen LogP contribution in [-0.4, -0.2) is 45.7 Å². The van der Waals surface area contributed by atoms with Crippen molar-refractivity contribution in [3.8, 4) is 0 Å². The van der Waals surface area contributed by atoms with Crippen LogP contribution in [0.5, 0.6) is 0 Å². The predicted molar refractivity (Wildman–Crippen MR) is 83.8 cm³/mol. The molecule has 1 amide bonds. The number of ether oxygens (including phenoxy) is 1. The number of amides is 1. The maximum atomic E-state index is 12.4. The van der Waals surface area contributed by atoms with Gasteiger partial charge in [-0.15, -0.1) is 0 Å². The zero-order chi connectivity index (χ0) is 16.7. The molecule has 124 valence electrons. The maximum absolute atomic E-state index is 12.4. The van der Waals surface area contributed by atoms with E-state index < -0.39 is 5.60 Å². The first-order valence-corrected chi connectivity index (χ1v) is 7.76. The summed E-state index contributed by atoms with van der Waals surface area (Å²) in [6, 6.07) is 0. The second-order valence-corrected chi connectivity index (χ2v) is 6.75. The highest BCUT2D eigenvalue weighted by molar-refractivity contribution is 5.96. The van der Waals surface area contributed by atoms with Crippen molar-refractivity contribution >= 4 is 5.91 Å². The Labute approximate surface area is 131 Å². The summed E-state index contributed by atoms with van der Waals surface area (Å²) in [7, 11) is 1.81. The molecule has 6 heteroatoms. The molecule has 0 saturated heterocycles. The standard InChI is InChI=1S/C16H27N3O3/c1-7-22-12-8-16(21,15(12,4)5)9-17-14(20)13-10(2)18-19(6)11(13)3/h12,21H,7-9H2,1-6H3,(H,17,20)/t12-,16-/m1/s1. The monoisotopic (exact) mass is 309 g/mol. The number of carbonyl (C=O) groups excluding carboxylic acids is 1. The number of hydrogen-bond acceptors (Lipinski definition) is 4. The highest BCUT2D eigenvalue weighted by Crippen LogP contribution is 2.50. The Morgan fingerprint density at radius 1 is 1.50 bits per heavy atom. The van der Waals surface area contributed by atoms with Crippen LogP contribution in [0, 0.1) is 19.3 Å². The Morgan fingerprint density at radius 2 is 2.14 bits per heavy atom. The van der Waals surface area contributed by atoms with Crippen LogP contribution in [0.2, 0.25) is 0 Å². The van der Waals surface area contributed by atoms with E-state index in [1.165, 1.54) is 0 Å². The molecule has 2 rings (SSSR count). The van der Waals surface area contributed by atoms with Crippen molar-refractivity contribution in [3.63, 3.8) is 0 Å². The normalized spacial score (nSPS) is 26.6. The first-order valence-electron chi connectivity index (χ1n) is 7.76. The Hall–Kier alpha value is -1.40. The molecule has 1 aromatic heterocycles. The summed E-state index contributed by atoms with van der Waals surface area (Å²) < 4.78 is 7.33. The van der Waals surface area contributed by atoms with Crippen LogP contribution >= 0.6 is 0 Å². The molecule has 1 fully saturated rings. The lowest BCUT2D eigenvalue weighted by Crippen LogP contribution is -2.68. The number of nitrogens with zero attached hydrogens (tertiary/aromatic N) is 2. The topological polar surface area (TPSA) is 76.4 Å². The summed E-state index contributed by atoms with van der Waals surface area (Å²) in [5.41, 5.74) is 0.790. The average molecular weight is 309 g/mol. The number of nitrogens with one attached hydrogen (secondary N) is 1. The SMILES string of the molecule is CCO[C@@H]1C[C@@](O)(CNC(=O)c2c(C)nn(C)c2C)C1(C)C. The molecule has 0 aromatic carbocycles. The predicted octanol–water partition coefficient (Wildman–Crippen LogP) is 1.33. The van der Waals surface area contributed by atoms with E-state index in [9.17, 15) is 9.90 Å². The minimum atomic E-state index is -0.938. The number of aliphatic hydroxyl groups is 1. The maximum Gasteiger partial charge on any atom is 0.255 e. The van der Waals surface area contributed by atoms with E-state index in [1.54, 1.807) is 4.68 Å². The molecule has 1 aromatic rings. The van der Waals surface area contributed by atoms with Crippen molar-refractivity contribution < 1.29 is 14.6 Å². The van der Waals surface area contributed by atoms with Crippen molar-refractivity contribution in [2.45, 2.75) is 52.7 Å². The second kappa shape index (κ2) is 5.66. The van der Waals surface area contributed by atoms with E-state index in [1.807, 2.05) is 41.7 Å². The first-order chi connectivity index (χ1) is 10.1. The van der Waals surface area contributed by atoms with Crippen LogP contribution < -0.4 is 5.32 Å². The number of carbonyl (C=O) groups is 1. The lowest BCUT2D eigenvalue weighted by molar-refractivity contribution is -0.237. The Bertz CT molecular complexity index is 579. The minimum Gasteiger partial charge on any atom is -0.387 e. The lowest BCUT2D eigenvalue weighted by Gasteiger charge is -2.57. The number of aromatic nitrogens is 2. The molecule has 6 nitrogen and oxygen atoms in total. The Morgan fingerprint density at radius 3 is 2.59 bits per heavy atom. The summed E-state index contributed by atoms with van der Waals surface area (Å²) in [5.74, 6) is -0.188. The number of hydrogen-bond donors (Lipinski definition) is 2. The fourth-order valence-corrected chi connectivity index (χ4v) is 3.18. The van der Waals surface area contributed by atoms with Gasteiger partial charge in [0.25, 0.3) is 5.91 Å². The zero-order valence-electron chi connectivity index (χ0n) is 14.4. The molecular weight excluding hydrogens is 282 g/mol. The molecule has 0 bridgehead atoms. The third kappa shape index (κ3) is 2.54. The van der Waals surface area contributed by atoms with Gasteiger partial charge in [-0.1, -0.05) is 13.8 Å². The summed E-state index contributed by atoms with van der Waals surface area (Å²) in [6.07, 6.45) is 0.570. The molecule has 0 unspecified atom stereocenters. The zero-order valence-corrected chi connectivity index (χ0v) is 14.4. The van der Waals surface area contributed by atoms with Crippen LogP contribution in [0.3, 0.4) is 0 Å². The van der Waals surface area contributed by atoms with E-state index in [-0.39, 0.29) is 24.0 Å². The summed E-state index contributed by atoms with van der Waals surface area (Å²) in [5, 5.41) is 17.9. The smallest absolute Gasteiger partial charge is 0.255 e. The molecule has 2 N–H and O–H groups in total. The van der Waals surface area contributed by atoms with Gasteiger partial charge < -0.3 is 15.2 Å². The van der Waals surface area contributed by atoms with Gasteiger partial charge >= 0.3 is 0 Å². The first kappa shape index (κ1) is 17.0. The third-order valence-electron chi connectivity index (χ3n) is 5.17. The van der Waals surface area contributed by atoms with Gasteiger partial charge in [-0.2, -0.15) is 5.10 Å². The molecule has 0 aliphatic heterocycles. The van der Waals surface area contributed by atoms with Gasteiger partial charge in [-0.3, -0.25) is 9.48 Å². The van der Waals surface area contributed by atoms with E-state index >= 15 is 0 Å². The van der Waals surface area contributed by atoms with Crippen molar-refractivity contribution in [1.29, 1.82) is 0 Å².